The van der Waals surface area contributed by atoms with Gasteiger partial charge in [-0.1, -0.05) is 0 Å². The van der Waals surface area contributed by atoms with E-state index in [1.807, 2.05) is 19.9 Å². The predicted octanol–water partition coefficient (Wildman–Crippen LogP) is 0.306. The van der Waals surface area contributed by atoms with Gasteiger partial charge in [-0.25, -0.2) is 9.78 Å². The Balaban J connectivity index is 2.19. The van der Waals surface area contributed by atoms with E-state index in [-0.39, 0.29) is 5.60 Å². The summed E-state index contributed by atoms with van der Waals surface area (Å²) in [7, 11) is 0. The average molecular weight is 217 g/mol. The Morgan fingerprint density at radius 1 is 1.38 bits per heavy atom. The number of carbonyl (C=O) groups excluding carboxylic acids is 1. The molecule has 0 bridgehead atoms. The molecule has 0 saturated carbocycles. The van der Waals surface area contributed by atoms with Crippen LogP contribution in [0.5, 0.6) is 0 Å². The largest absolute Gasteiger partial charge is 0.370 e. The van der Waals surface area contributed by atoms with Crippen molar-refractivity contribution in [1.82, 2.24) is 4.98 Å². The number of hydrogen-bond acceptors (Lipinski definition) is 3. The van der Waals surface area contributed by atoms with Crippen LogP contribution in [0.25, 0.3) is 0 Å². The van der Waals surface area contributed by atoms with E-state index in [2.05, 4.69) is 15.0 Å². The quantitative estimate of drug-likeness (QED) is 0.628. The Hall–Kier alpha value is -1.62. The molecule has 2 aliphatic heterocycles. The third-order valence-corrected chi connectivity index (χ3v) is 2.78. The first-order valence-electron chi connectivity index (χ1n) is 5.18. The SMILES string of the molecule is CC1(C)Cc2nc3c(cc2CO1)=NC(=O)N=3. The van der Waals surface area contributed by atoms with Crippen LogP contribution in [0.15, 0.2) is 16.1 Å². The minimum atomic E-state index is -0.468. The molecule has 16 heavy (non-hydrogen) atoms. The minimum absolute atomic E-state index is 0.200. The molecule has 0 spiro atoms. The van der Waals surface area contributed by atoms with E-state index in [4.69, 9.17) is 4.74 Å². The van der Waals surface area contributed by atoms with Gasteiger partial charge >= 0.3 is 6.03 Å². The number of carbonyl (C=O) groups is 1. The molecule has 5 heteroatoms. The van der Waals surface area contributed by atoms with Gasteiger partial charge in [0.1, 0.15) is 5.36 Å². The summed E-state index contributed by atoms with van der Waals surface area (Å²) in [5.41, 5.74) is 2.21. The number of hydrogen-bond donors (Lipinski definition) is 0. The molecule has 1 aromatic heterocycles. The van der Waals surface area contributed by atoms with Crippen LogP contribution in [0.2, 0.25) is 0 Å². The Morgan fingerprint density at radius 2 is 2.19 bits per heavy atom. The van der Waals surface area contributed by atoms with Crippen LogP contribution >= 0.6 is 0 Å². The number of aromatic nitrogens is 1. The smallest absolute Gasteiger partial charge is 0.369 e. The minimum Gasteiger partial charge on any atom is -0.370 e. The zero-order chi connectivity index (χ0) is 11.3. The summed E-state index contributed by atoms with van der Waals surface area (Å²) >= 11 is 0. The van der Waals surface area contributed by atoms with E-state index in [1.165, 1.54) is 0 Å². The molecule has 5 nitrogen and oxygen atoms in total. The van der Waals surface area contributed by atoms with E-state index in [0.717, 1.165) is 17.7 Å². The summed E-state index contributed by atoms with van der Waals surface area (Å²) in [5, 5.41) is 0.562. The van der Waals surface area contributed by atoms with Gasteiger partial charge in [0, 0.05) is 12.0 Å². The summed E-state index contributed by atoms with van der Waals surface area (Å²) in [6, 6.07) is 1.38. The van der Waals surface area contributed by atoms with Gasteiger partial charge in [0.05, 0.1) is 17.9 Å². The van der Waals surface area contributed by atoms with Crippen molar-refractivity contribution in [2.24, 2.45) is 9.98 Å². The third kappa shape index (κ3) is 1.44. The fraction of sp³-hybridized carbons (Fsp3) is 0.455. The lowest BCUT2D eigenvalue weighted by Crippen LogP contribution is -2.37. The Labute approximate surface area is 91.9 Å². The summed E-state index contributed by atoms with van der Waals surface area (Å²) in [5.74, 6) is 0. The maximum Gasteiger partial charge on any atom is 0.369 e. The van der Waals surface area contributed by atoms with Gasteiger partial charge in [-0.15, -0.1) is 0 Å². The first-order valence-corrected chi connectivity index (χ1v) is 5.18. The monoisotopic (exact) mass is 217 g/mol. The van der Waals surface area contributed by atoms with Crippen molar-refractivity contribution in [3.63, 3.8) is 0 Å². The first kappa shape index (κ1) is 9.59. The molecule has 3 heterocycles. The van der Waals surface area contributed by atoms with Gasteiger partial charge in [0.15, 0.2) is 5.49 Å². The molecule has 0 fully saturated rings. The lowest BCUT2D eigenvalue weighted by atomic mass is 9.96. The van der Waals surface area contributed by atoms with Crippen molar-refractivity contribution in [2.75, 3.05) is 0 Å². The number of pyridine rings is 1. The van der Waals surface area contributed by atoms with Crippen molar-refractivity contribution in [1.29, 1.82) is 0 Å². The van der Waals surface area contributed by atoms with Crippen LogP contribution in [0.4, 0.5) is 4.79 Å². The zero-order valence-corrected chi connectivity index (χ0v) is 9.15. The molecule has 0 radical (unpaired) electrons. The van der Waals surface area contributed by atoms with Gasteiger partial charge in [0.2, 0.25) is 0 Å². The van der Waals surface area contributed by atoms with E-state index >= 15 is 0 Å². The molecule has 0 atom stereocenters. The molecular formula is C11H11N3O2. The van der Waals surface area contributed by atoms with E-state index in [1.54, 1.807) is 0 Å². The highest BCUT2D eigenvalue weighted by atomic mass is 16.5. The Kier molecular flexibility index (Phi) is 1.77. The van der Waals surface area contributed by atoms with Crippen molar-refractivity contribution in [2.45, 2.75) is 32.5 Å². The van der Waals surface area contributed by atoms with Crippen LogP contribution < -0.4 is 10.8 Å². The highest BCUT2D eigenvalue weighted by Crippen LogP contribution is 2.24. The maximum absolute atomic E-state index is 11.0. The molecule has 2 aliphatic rings. The average Bonchev–Trinajstić information content (AvgIpc) is 2.52. The second-order valence-electron chi connectivity index (χ2n) is 4.67. The Bertz CT molecular complexity index is 604. The van der Waals surface area contributed by atoms with Gasteiger partial charge in [-0.3, -0.25) is 0 Å². The highest BCUT2D eigenvalue weighted by Gasteiger charge is 2.27. The number of ether oxygens (including phenoxy) is 1. The number of urea groups is 1. The zero-order valence-electron chi connectivity index (χ0n) is 9.15. The number of amides is 2. The van der Waals surface area contributed by atoms with Crippen LogP contribution in [0.1, 0.15) is 25.1 Å². The number of fused-ring (bicyclic) bond motifs is 2. The van der Waals surface area contributed by atoms with Crippen molar-refractivity contribution >= 4 is 6.03 Å². The fourth-order valence-electron chi connectivity index (χ4n) is 1.96. The van der Waals surface area contributed by atoms with Crippen LogP contribution in [0, 0.1) is 0 Å². The maximum atomic E-state index is 11.0. The molecule has 3 rings (SSSR count). The topological polar surface area (TPSA) is 63.9 Å². The number of nitrogens with zero attached hydrogens (tertiary/aromatic N) is 3. The van der Waals surface area contributed by atoms with Gasteiger partial charge in [-0.2, -0.15) is 9.98 Å². The second kappa shape index (κ2) is 2.95. The molecule has 0 unspecified atom stereocenters. The van der Waals surface area contributed by atoms with Gasteiger partial charge in [0.25, 0.3) is 0 Å². The molecule has 0 saturated heterocycles. The van der Waals surface area contributed by atoms with Crippen molar-refractivity contribution < 1.29 is 9.53 Å². The van der Waals surface area contributed by atoms with Gasteiger partial charge in [-0.05, 0) is 19.9 Å². The van der Waals surface area contributed by atoms with Crippen LogP contribution in [-0.4, -0.2) is 16.6 Å². The van der Waals surface area contributed by atoms with E-state index in [0.29, 0.717) is 17.5 Å². The van der Waals surface area contributed by atoms with E-state index in [9.17, 15) is 4.79 Å². The lowest BCUT2D eigenvalue weighted by molar-refractivity contribution is -0.0414. The molecule has 82 valence electrons. The predicted molar refractivity (Wildman–Crippen MR) is 54.5 cm³/mol. The second-order valence-corrected chi connectivity index (χ2v) is 4.67. The van der Waals surface area contributed by atoms with Crippen LogP contribution in [-0.2, 0) is 17.8 Å². The summed E-state index contributed by atoms with van der Waals surface area (Å²) < 4.78 is 5.68. The molecule has 0 aromatic carbocycles. The fourth-order valence-corrected chi connectivity index (χ4v) is 1.96. The number of rotatable bonds is 0. The molecular weight excluding hydrogens is 206 g/mol. The normalized spacial score (nSPS) is 20.8. The Morgan fingerprint density at radius 3 is 3.00 bits per heavy atom. The molecule has 2 amide bonds. The molecule has 0 N–H and O–H groups in total. The van der Waals surface area contributed by atoms with E-state index < -0.39 is 6.03 Å². The third-order valence-electron chi connectivity index (χ3n) is 2.78. The molecule has 1 aromatic rings. The van der Waals surface area contributed by atoms with Gasteiger partial charge < -0.3 is 4.74 Å². The summed E-state index contributed by atoms with van der Waals surface area (Å²) in [4.78, 5) is 22.9. The first-order chi connectivity index (χ1) is 7.53. The standard InChI is InChI=1S/C11H11N3O2/c1-11(2)4-8-6(5-16-11)3-7-9(12-8)14-10(15)13-7/h3H,4-5H2,1-2H3. The summed E-state index contributed by atoms with van der Waals surface area (Å²) in [6.45, 7) is 4.57. The van der Waals surface area contributed by atoms with Crippen molar-refractivity contribution in [3.8, 4) is 0 Å². The van der Waals surface area contributed by atoms with Crippen LogP contribution in [0.3, 0.4) is 0 Å². The summed E-state index contributed by atoms with van der Waals surface area (Å²) in [6.07, 6.45) is 0.735. The highest BCUT2D eigenvalue weighted by molar-refractivity contribution is 5.77. The molecule has 0 aliphatic carbocycles. The lowest BCUT2D eigenvalue weighted by Gasteiger charge is -2.30. The van der Waals surface area contributed by atoms with Crippen molar-refractivity contribution in [3.05, 3.63) is 28.2 Å².